The van der Waals surface area contributed by atoms with E-state index in [2.05, 4.69) is 18.7 Å². The van der Waals surface area contributed by atoms with Gasteiger partial charge in [0.2, 0.25) is 0 Å². The number of hydrogen-bond donors (Lipinski definition) is 1. The van der Waals surface area contributed by atoms with Gasteiger partial charge in [0.25, 0.3) is 0 Å². The molecule has 1 atom stereocenters. The third-order valence-corrected chi connectivity index (χ3v) is 4.08. The minimum atomic E-state index is -0.642. The first-order chi connectivity index (χ1) is 9.49. The third kappa shape index (κ3) is 3.51. The quantitative estimate of drug-likeness (QED) is 0.869. The SMILES string of the molecule is CC(C)CN(c1ccc(F)cc1[C@@H](C)O)C1CCCC1. The normalized spacial score (nSPS) is 17.7. The van der Waals surface area contributed by atoms with Crippen LogP contribution in [0.2, 0.25) is 0 Å². The van der Waals surface area contributed by atoms with Gasteiger partial charge < -0.3 is 10.0 Å². The van der Waals surface area contributed by atoms with Gasteiger partial charge in [0.1, 0.15) is 5.82 Å². The van der Waals surface area contributed by atoms with Crippen molar-refractivity contribution < 1.29 is 9.50 Å². The van der Waals surface area contributed by atoms with Gasteiger partial charge in [0.15, 0.2) is 0 Å². The molecule has 20 heavy (non-hydrogen) atoms. The van der Waals surface area contributed by atoms with Gasteiger partial charge in [-0.2, -0.15) is 0 Å². The van der Waals surface area contributed by atoms with Crippen molar-refractivity contribution in [2.24, 2.45) is 5.92 Å². The van der Waals surface area contributed by atoms with Crippen molar-refractivity contribution in [3.8, 4) is 0 Å². The largest absolute Gasteiger partial charge is 0.389 e. The van der Waals surface area contributed by atoms with E-state index < -0.39 is 6.10 Å². The molecule has 0 aliphatic heterocycles. The molecule has 1 N–H and O–H groups in total. The smallest absolute Gasteiger partial charge is 0.123 e. The summed E-state index contributed by atoms with van der Waals surface area (Å²) < 4.78 is 13.5. The summed E-state index contributed by atoms with van der Waals surface area (Å²) in [6, 6.07) is 5.34. The first kappa shape index (κ1) is 15.3. The summed E-state index contributed by atoms with van der Waals surface area (Å²) >= 11 is 0. The number of nitrogens with zero attached hydrogens (tertiary/aromatic N) is 1. The highest BCUT2D eigenvalue weighted by molar-refractivity contribution is 5.55. The first-order valence-electron chi connectivity index (χ1n) is 7.73. The molecule has 2 nitrogen and oxygen atoms in total. The maximum Gasteiger partial charge on any atom is 0.123 e. The van der Waals surface area contributed by atoms with E-state index in [0.717, 1.165) is 12.2 Å². The van der Waals surface area contributed by atoms with Gasteiger partial charge in [-0.1, -0.05) is 26.7 Å². The minimum absolute atomic E-state index is 0.277. The fraction of sp³-hybridized carbons (Fsp3) is 0.647. The molecule has 1 fully saturated rings. The maximum atomic E-state index is 13.5. The van der Waals surface area contributed by atoms with Gasteiger partial charge in [-0.15, -0.1) is 0 Å². The molecule has 1 saturated carbocycles. The fourth-order valence-electron chi connectivity index (χ4n) is 3.18. The van der Waals surface area contributed by atoms with E-state index in [9.17, 15) is 9.50 Å². The van der Waals surface area contributed by atoms with Gasteiger partial charge in [0.05, 0.1) is 6.10 Å². The number of benzene rings is 1. The monoisotopic (exact) mass is 279 g/mol. The fourth-order valence-corrected chi connectivity index (χ4v) is 3.18. The summed E-state index contributed by atoms with van der Waals surface area (Å²) in [4.78, 5) is 2.39. The van der Waals surface area contributed by atoms with Crippen molar-refractivity contribution in [1.29, 1.82) is 0 Å². The van der Waals surface area contributed by atoms with Crippen LogP contribution in [0.1, 0.15) is 58.1 Å². The Hall–Kier alpha value is -1.09. The van der Waals surface area contributed by atoms with E-state index in [4.69, 9.17) is 0 Å². The summed E-state index contributed by atoms with van der Waals surface area (Å²) in [5, 5.41) is 9.96. The Morgan fingerprint density at radius 2 is 1.90 bits per heavy atom. The Kier molecular flexibility index (Phi) is 5.03. The molecule has 1 aromatic carbocycles. The van der Waals surface area contributed by atoms with Crippen molar-refractivity contribution >= 4 is 5.69 Å². The van der Waals surface area contributed by atoms with Crippen LogP contribution in [0.25, 0.3) is 0 Å². The predicted octanol–water partition coefficient (Wildman–Crippen LogP) is 4.28. The summed E-state index contributed by atoms with van der Waals surface area (Å²) in [6.07, 6.45) is 4.29. The Labute approximate surface area is 121 Å². The summed E-state index contributed by atoms with van der Waals surface area (Å²) in [5.41, 5.74) is 1.71. The molecular formula is C17H26FNO. The van der Waals surface area contributed by atoms with Crippen LogP contribution in [0.3, 0.4) is 0 Å². The zero-order valence-corrected chi connectivity index (χ0v) is 12.8. The van der Waals surface area contributed by atoms with Crippen LogP contribution in [0, 0.1) is 11.7 Å². The van der Waals surface area contributed by atoms with Gasteiger partial charge in [0, 0.05) is 23.8 Å². The number of anilines is 1. The molecule has 0 bridgehead atoms. The second-order valence-corrected chi connectivity index (χ2v) is 6.36. The lowest BCUT2D eigenvalue weighted by Gasteiger charge is -2.35. The van der Waals surface area contributed by atoms with Crippen molar-refractivity contribution in [3.63, 3.8) is 0 Å². The highest BCUT2D eigenvalue weighted by Gasteiger charge is 2.26. The van der Waals surface area contributed by atoms with E-state index >= 15 is 0 Å². The number of halogens is 1. The standard InChI is InChI=1S/C17H26FNO/c1-12(2)11-19(15-6-4-5-7-15)17-9-8-14(18)10-16(17)13(3)20/h8-10,12-13,15,20H,4-7,11H2,1-3H3/t13-/m1/s1. The highest BCUT2D eigenvalue weighted by atomic mass is 19.1. The van der Waals surface area contributed by atoms with Crippen LogP contribution in [0.5, 0.6) is 0 Å². The van der Waals surface area contributed by atoms with Crippen molar-refractivity contribution in [1.82, 2.24) is 0 Å². The first-order valence-corrected chi connectivity index (χ1v) is 7.73. The second-order valence-electron chi connectivity index (χ2n) is 6.36. The molecule has 0 heterocycles. The second kappa shape index (κ2) is 6.57. The molecule has 2 rings (SSSR count). The molecule has 3 heteroatoms. The summed E-state index contributed by atoms with van der Waals surface area (Å²) in [5.74, 6) is 0.267. The van der Waals surface area contributed by atoms with Crippen LogP contribution in [-0.4, -0.2) is 17.7 Å². The molecule has 112 valence electrons. The predicted molar refractivity (Wildman–Crippen MR) is 81.5 cm³/mol. The van der Waals surface area contributed by atoms with Crippen molar-refractivity contribution in [2.75, 3.05) is 11.4 Å². The van der Waals surface area contributed by atoms with E-state index in [0.29, 0.717) is 17.5 Å². The summed E-state index contributed by atoms with van der Waals surface area (Å²) in [7, 11) is 0. The Bertz CT molecular complexity index is 439. The zero-order chi connectivity index (χ0) is 14.7. The van der Waals surface area contributed by atoms with Gasteiger partial charge >= 0.3 is 0 Å². The number of aliphatic hydroxyl groups excluding tert-OH is 1. The molecule has 1 aliphatic rings. The van der Waals surface area contributed by atoms with Crippen LogP contribution in [-0.2, 0) is 0 Å². The lowest BCUT2D eigenvalue weighted by atomic mass is 10.0. The minimum Gasteiger partial charge on any atom is -0.389 e. The average molecular weight is 279 g/mol. The lowest BCUT2D eigenvalue weighted by Crippen LogP contribution is -2.37. The van der Waals surface area contributed by atoms with Crippen LogP contribution in [0.4, 0.5) is 10.1 Å². The van der Waals surface area contributed by atoms with E-state index in [-0.39, 0.29) is 5.82 Å². The molecule has 0 saturated heterocycles. The van der Waals surface area contributed by atoms with Gasteiger partial charge in [-0.3, -0.25) is 0 Å². The zero-order valence-electron chi connectivity index (χ0n) is 12.8. The summed E-state index contributed by atoms with van der Waals surface area (Å²) in [6.45, 7) is 7.07. The molecule has 0 aromatic heterocycles. The number of hydrogen-bond acceptors (Lipinski definition) is 2. The lowest BCUT2D eigenvalue weighted by molar-refractivity contribution is 0.199. The Balaban J connectivity index is 2.36. The van der Waals surface area contributed by atoms with Gasteiger partial charge in [-0.25, -0.2) is 4.39 Å². The third-order valence-electron chi connectivity index (χ3n) is 4.08. The van der Waals surface area contributed by atoms with E-state index in [1.54, 1.807) is 6.92 Å². The van der Waals surface area contributed by atoms with Crippen LogP contribution >= 0.6 is 0 Å². The van der Waals surface area contributed by atoms with Crippen molar-refractivity contribution in [2.45, 2.75) is 58.6 Å². The molecular weight excluding hydrogens is 253 g/mol. The number of rotatable bonds is 5. The molecule has 0 unspecified atom stereocenters. The molecule has 0 spiro atoms. The van der Waals surface area contributed by atoms with E-state index in [1.807, 2.05) is 6.07 Å². The van der Waals surface area contributed by atoms with Crippen LogP contribution in [0.15, 0.2) is 18.2 Å². The molecule has 0 radical (unpaired) electrons. The highest BCUT2D eigenvalue weighted by Crippen LogP contribution is 2.34. The Morgan fingerprint density at radius 1 is 1.25 bits per heavy atom. The molecule has 1 aliphatic carbocycles. The Morgan fingerprint density at radius 3 is 2.45 bits per heavy atom. The number of aliphatic hydroxyl groups is 1. The molecule has 1 aromatic rings. The average Bonchev–Trinajstić information content (AvgIpc) is 2.89. The van der Waals surface area contributed by atoms with Gasteiger partial charge in [-0.05, 0) is 43.9 Å². The topological polar surface area (TPSA) is 23.5 Å². The van der Waals surface area contributed by atoms with Crippen molar-refractivity contribution in [3.05, 3.63) is 29.6 Å². The molecule has 0 amide bonds. The maximum absolute atomic E-state index is 13.5. The van der Waals surface area contributed by atoms with E-state index in [1.165, 1.54) is 37.8 Å². The van der Waals surface area contributed by atoms with Crippen LogP contribution < -0.4 is 4.90 Å².